The van der Waals surface area contributed by atoms with Gasteiger partial charge in [0.2, 0.25) is 5.91 Å². The number of nitrogens with two attached hydrogens (primary N) is 1. The van der Waals surface area contributed by atoms with Gasteiger partial charge in [0.15, 0.2) is 5.65 Å². The highest BCUT2D eigenvalue weighted by molar-refractivity contribution is 9.10. The molecule has 156 valence electrons. The topological polar surface area (TPSA) is 97.0 Å². The van der Waals surface area contributed by atoms with Crippen molar-refractivity contribution < 1.29 is 4.79 Å². The lowest BCUT2D eigenvalue weighted by atomic mass is 10.00. The van der Waals surface area contributed by atoms with E-state index in [0.29, 0.717) is 18.0 Å². The first kappa shape index (κ1) is 20.9. The number of nitrogen functional groups attached to an aromatic ring is 1. The van der Waals surface area contributed by atoms with Crippen molar-refractivity contribution in [3.05, 3.63) is 65.4 Å². The highest BCUT2D eigenvalue weighted by Crippen LogP contribution is 2.34. The van der Waals surface area contributed by atoms with Gasteiger partial charge in [-0.2, -0.15) is 0 Å². The van der Waals surface area contributed by atoms with Crippen molar-refractivity contribution in [2.75, 3.05) is 31.7 Å². The van der Waals surface area contributed by atoms with Gasteiger partial charge in [-0.15, -0.1) is 0 Å². The number of carbonyl (C=O) groups is 1. The first-order chi connectivity index (χ1) is 14.9. The molecular formula is C23H21BrN6O. The molecule has 2 aromatic heterocycles. The number of rotatable bonds is 5. The molecular weight excluding hydrogens is 456 g/mol. The first-order valence-electron chi connectivity index (χ1n) is 9.63. The number of anilines is 2. The summed E-state index contributed by atoms with van der Waals surface area (Å²) in [7, 11) is 3.71. The molecule has 0 bridgehead atoms. The zero-order chi connectivity index (χ0) is 22.0. The number of hydrogen-bond donors (Lipinski definition) is 2. The third-order valence-electron chi connectivity index (χ3n) is 4.69. The van der Waals surface area contributed by atoms with Gasteiger partial charge in [-0.25, -0.2) is 15.0 Å². The number of nitrogens with one attached hydrogen (secondary N) is 1. The number of benzene rings is 2. The summed E-state index contributed by atoms with van der Waals surface area (Å²) >= 11 is 3.53. The molecule has 0 fully saturated rings. The Balaban J connectivity index is 1.76. The Morgan fingerprint density at radius 1 is 1.06 bits per heavy atom. The van der Waals surface area contributed by atoms with Gasteiger partial charge in [0.05, 0.1) is 17.6 Å². The third kappa shape index (κ3) is 4.70. The van der Waals surface area contributed by atoms with E-state index in [9.17, 15) is 4.79 Å². The van der Waals surface area contributed by atoms with Crippen LogP contribution in [0.5, 0.6) is 0 Å². The van der Waals surface area contributed by atoms with Crippen LogP contribution in [0.1, 0.15) is 0 Å². The van der Waals surface area contributed by atoms with Gasteiger partial charge in [-0.3, -0.25) is 4.79 Å². The molecule has 8 heteroatoms. The molecule has 0 atom stereocenters. The van der Waals surface area contributed by atoms with E-state index in [1.54, 1.807) is 0 Å². The molecule has 2 aromatic carbocycles. The zero-order valence-electron chi connectivity index (χ0n) is 17.1. The van der Waals surface area contributed by atoms with Crippen molar-refractivity contribution in [3.8, 4) is 22.4 Å². The van der Waals surface area contributed by atoms with Crippen LogP contribution in [0.4, 0.5) is 11.5 Å². The van der Waals surface area contributed by atoms with E-state index in [4.69, 9.17) is 10.7 Å². The monoisotopic (exact) mass is 476 g/mol. The lowest BCUT2D eigenvalue weighted by molar-refractivity contribution is -0.116. The van der Waals surface area contributed by atoms with Crippen LogP contribution >= 0.6 is 15.9 Å². The van der Waals surface area contributed by atoms with Gasteiger partial charge in [0, 0.05) is 15.7 Å². The summed E-state index contributed by atoms with van der Waals surface area (Å²) in [6.45, 7) is 0.325. The Hall–Kier alpha value is -3.36. The van der Waals surface area contributed by atoms with E-state index in [0.717, 1.165) is 37.9 Å². The second kappa shape index (κ2) is 8.79. The van der Waals surface area contributed by atoms with Crippen LogP contribution in [0.15, 0.2) is 65.4 Å². The smallest absolute Gasteiger partial charge is 0.238 e. The number of amides is 1. The van der Waals surface area contributed by atoms with Gasteiger partial charge in [-0.05, 0) is 55.6 Å². The van der Waals surface area contributed by atoms with E-state index >= 15 is 0 Å². The van der Waals surface area contributed by atoms with Gasteiger partial charge in [0.25, 0.3) is 0 Å². The fraction of sp³-hybridized carbons (Fsp3) is 0.130. The molecule has 0 unspecified atom stereocenters. The van der Waals surface area contributed by atoms with Gasteiger partial charge in [-0.1, -0.05) is 40.2 Å². The Morgan fingerprint density at radius 2 is 1.84 bits per heavy atom. The molecule has 1 amide bonds. The quantitative estimate of drug-likeness (QED) is 0.447. The average molecular weight is 477 g/mol. The summed E-state index contributed by atoms with van der Waals surface area (Å²) < 4.78 is 0.963. The first-order valence-corrected chi connectivity index (χ1v) is 10.4. The standard InChI is InChI=1S/C23H21BrN6O/c1-30(2)12-20(31)28-17-8-6-14(7-9-17)19-11-18(15-4-3-5-16(24)10-15)21-22(25)26-13-27-23(21)29-19/h3-11,13H,12H2,1-2H3,(H,28,31)(H2,25,26,27,29). The number of pyridine rings is 1. The van der Waals surface area contributed by atoms with E-state index in [1.807, 2.05) is 73.6 Å². The number of likely N-dealkylation sites (N-methyl/N-ethyl adjacent to an activating group) is 1. The SMILES string of the molecule is CN(C)CC(=O)Nc1ccc(-c2cc(-c3cccc(Br)c3)c3c(N)ncnc3n2)cc1. The lowest BCUT2D eigenvalue weighted by Gasteiger charge is -2.12. The number of carbonyl (C=O) groups excluding carboxylic acids is 1. The van der Waals surface area contributed by atoms with Crippen molar-refractivity contribution in [3.63, 3.8) is 0 Å². The molecule has 4 rings (SSSR count). The Labute approximate surface area is 188 Å². The second-order valence-corrected chi connectivity index (χ2v) is 8.30. The van der Waals surface area contributed by atoms with Gasteiger partial charge >= 0.3 is 0 Å². The lowest BCUT2D eigenvalue weighted by Crippen LogP contribution is -2.27. The van der Waals surface area contributed by atoms with E-state index in [1.165, 1.54) is 6.33 Å². The van der Waals surface area contributed by atoms with Gasteiger partial charge < -0.3 is 16.0 Å². The molecule has 2 heterocycles. The Morgan fingerprint density at radius 3 is 2.55 bits per heavy atom. The number of nitrogens with zero attached hydrogens (tertiary/aromatic N) is 4. The predicted octanol–water partition coefficient (Wildman–Crippen LogP) is 4.20. The minimum absolute atomic E-state index is 0.0642. The van der Waals surface area contributed by atoms with E-state index in [2.05, 4.69) is 31.2 Å². The maximum absolute atomic E-state index is 12.0. The largest absolute Gasteiger partial charge is 0.383 e. The number of fused-ring (bicyclic) bond motifs is 1. The molecule has 0 saturated carbocycles. The van der Waals surface area contributed by atoms with Crippen LogP contribution in [-0.4, -0.2) is 46.4 Å². The Bertz CT molecular complexity index is 1260. The van der Waals surface area contributed by atoms with Crippen molar-refractivity contribution in [2.24, 2.45) is 0 Å². The summed E-state index contributed by atoms with van der Waals surface area (Å²) in [6, 6.07) is 17.5. The number of hydrogen-bond acceptors (Lipinski definition) is 6. The van der Waals surface area contributed by atoms with Crippen molar-refractivity contribution in [1.82, 2.24) is 19.9 Å². The Kier molecular flexibility index (Phi) is 5.92. The highest BCUT2D eigenvalue weighted by atomic mass is 79.9. The molecule has 0 saturated heterocycles. The fourth-order valence-electron chi connectivity index (χ4n) is 3.33. The maximum atomic E-state index is 12.0. The normalized spacial score (nSPS) is 11.1. The number of aromatic nitrogens is 3. The summed E-state index contributed by atoms with van der Waals surface area (Å²) in [6.07, 6.45) is 1.42. The molecule has 0 aliphatic carbocycles. The van der Waals surface area contributed by atoms with Crippen LogP contribution < -0.4 is 11.1 Å². The predicted molar refractivity (Wildman–Crippen MR) is 128 cm³/mol. The molecule has 0 spiro atoms. The fourth-order valence-corrected chi connectivity index (χ4v) is 3.73. The van der Waals surface area contributed by atoms with Crippen LogP contribution in [0.3, 0.4) is 0 Å². The number of halogens is 1. The van der Waals surface area contributed by atoms with Crippen LogP contribution in [0.2, 0.25) is 0 Å². The molecule has 4 aromatic rings. The molecule has 0 aliphatic heterocycles. The second-order valence-electron chi connectivity index (χ2n) is 7.39. The van der Waals surface area contributed by atoms with Crippen LogP contribution in [-0.2, 0) is 4.79 Å². The van der Waals surface area contributed by atoms with Crippen molar-refractivity contribution in [1.29, 1.82) is 0 Å². The zero-order valence-corrected chi connectivity index (χ0v) is 18.7. The summed E-state index contributed by atoms with van der Waals surface area (Å²) in [5, 5.41) is 3.61. The van der Waals surface area contributed by atoms with Crippen molar-refractivity contribution in [2.45, 2.75) is 0 Å². The molecule has 0 aliphatic rings. The van der Waals surface area contributed by atoms with Crippen molar-refractivity contribution >= 4 is 44.4 Å². The van der Waals surface area contributed by atoms with Gasteiger partial charge in [0.1, 0.15) is 12.1 Å². The average Bonchev–Trinajstić information content (AvgIpc) is 2.73. The minimum Gasteiger partial charge on any atom is -0.383 e. The molecule has 3 N–H and O–H groups in total. The van der Waals surface area contributed by atoms with Crippen LogP contribution in [0.25, 0.3) is 33.4 Å². The third-order valence-corrected chi connectivity index (χ3v) is 5.19. The summed E-state index contributed by atoms with van der Waals surface area (Å²) in [5.41, 5.74) is 11.0. The molecule has 7 nitrogen and oxygen atoms in total. The summed E-state index contributed by atoms with van der Waals surface area (Å²) in [4.78, 5) is 27.0. The molecule has 0 radical (unpaired) electrons. The summed E-state index contributed by atoms with van der Waals surface area (Å²) in [5.74, 6) is 0.323. The highest BCUT2D eigenvalue weighted by Gasteiger charge is 2.14. The minimum atomic E-state index is -0.0642. The van der Waals surface area contributed by atoms with E-state index in [-0.39, 0.29) is 5.91 Å². The van der Waals surface area contributed by atoms with E-state index < -0.39 is 0 Å². The van der Waals surface area contributed by atoms with Crippen LogP contribution in [0, 0.1) is 0 Å². The maximum Gasteiger partial charge on any atom is 0.238 e. The molecule has 31 heavy (non-hydrogen) atoms.